The van der Waals surface area contributed by atoms with Crippen LogP contribution in [0.25, 0.3) is 0 Å². The zero-order valence-electron chi connectivity index (χ0n) is 20.0. The minimum atomic E-state index is -3.86. The number of likely N-dealkylation sites (tertiary alicyclic amines) is 1. The molecule has 0 radical (unpaired) electrons. The van der Waals surface area contributed by atoms with Crippen molar-refractivity contribution >= 4 is 21.6 Å². The van der Waals surface area contributed by atoms with Gasteiger partial charge in [-0.05, 0) is 64.5 Å². The number of carbonyl (C=O) groups is 1. The van der Waals surface area contributed by atoms with Crippen molar-refractivity contribution in [2.75, 3.05) is 32.7 Å². The summed E-state index contributed by atoms with van der Waals surface area (Å²) in [6.07, 6.45) is 3.28. The monoisotopic (exact) mass is 480 g/mol. The molecule has 1 unspecified atom stereocenters. The second-order valence-corrected chi connectivity index (χ2v) is 12.0. The van der Waals surface area contributed by atoms with Gasteiger partial charge in [-0.25, -0.2) is 8.42 Å². The van der Waals surface area contributed by atoms with Gasteiger partial charge in [0.05, 0.1) is 9.82 Å². The second-order valence-electron chi connectivity index (χ2n) is 10.1. The van der Waals surface area contributed by atoms with Crippen LogP contribution < -0.4 is 5.32 Å². The Kier molecular flexibility index (Phi) is 7.80. The molecule has 9 nitrogen and oxygen atoms in total. The number of hydrogen-bond donors (Lipinski definition) is 1. The molecule has 184 valence electrons. The number of non-ortho nitro benzene ring substituents is 1. The lowest BCUT2D eigenvalue weighted by atomic mass is 9.93. The van der Waals surface area contributed by atoms with E-state index in [-0.39, 0.29) is 41.0 Å². The fourth-order valence-electron chi connectivity index (χ4n) is 4.78. The highest BCUT2D eigenvalue weighted by molar-refractivity contribution is 7.89. The van der Waals surface area contributed by atoms with Crippen LogP contribution in [0.15, 0.2) is 23.1 Å². The van der Waals surface area contributed by atoms with Gasteiger partial charge < -0.3 is 5.32 Å². The molecule has 1 amide bonds. The van der Waals surface area contributed by atoms with Crippen molar-refractivity contribution < 1.29 is 18.1 Å². The molecule has 3 rings (SSSR count). The van der Waals surface area contributed by atoms with E-state index in [0.717, 1.165) is 19.2 Å². The molecule has 0 saturated carbocycles. The van der Waals surface area contributed by atoms with Crippen molar-refractivity contribution in [1.82, 2.24) is 14.5 Å². The molecule has 10 heteroatoms. The molecule has 0 bridgehead atoms. The maximum Gasteiger partial charge on any atom is 0.270 e. The normalized spacial score (nSPS) is 21.6. The van der Waals surface area contributed by atoms with Gasteiger partial charge in [-0.2, -0.15) is 4.31 Å². The summed E-state index contributed by atoms with van der Waals surface area (Å²) in [5.74, 6) is 0.394. The molecule has 1 atom stereocenters. The van der Waals surface area contributed by atoms with E-state index >= 15 is 0 Å². The van der Waals surface area contributed by atoms with Crippen LogP contribution in [-0.2, 0) is 14.8 Å². The number of rotatable bonds is 7. The molecular formula is C23H36N4O5S. The first-order valence-corrected chi connectivity index (χ1v) is 13.1. The molecule has 2 fully saturated rings. The Hall–Kier alpha value is -2.04. The first kappa shape index (κ1) is 25.6. The first-order valence-electron chi connectivity index (χ1n) is 11.7. The highest BCUT2D eigenvalue weighted by Gasteiger charge is 2.35. The lowest BCUT2D eigenvalue weighted by Gasteiger charge is -2.43. The number of nitrogens with zero attached hydrogens (tertiary/aromatic N) is 3. The smallest absolute Gasteiger partial charge is 0.270 e. The van der Waals surface area contributed by atoms with Gasteiger partial charge in [0.15, 0.2) is 0 Å². The fourth-order valence-corrected chi connectivity index (χ4v) is 6.49. The van der Waals surface area contributed by atoms with Gasteiger partial charge in [-0.3, -0.25) is 19.8 Å². The van der Waals surface area contributed by atoms with Gasteiger partial charge >= 0.3 is 0 Å². The Morgan fingerprint density at radius 3 is 2.48 bits per heavy atom. The van der Waals surface area contributed by atoms with Crippen LogP contribution in [0, 0.1) is 28.9 Å². The highest BCUT2D eigenvalue weighted by atomic mass is 32.2. The number of nitrogens with one attached hydrogen (secondary N) is 1. The molecule has 1 aromatic rings. The average Bonchev–Trinajstić information content (AvgIpc) is 2.77. The Morgan fingerprint density at radius 2 is 1.88 bits per heavy atom. The lowest BCUT2D eigenvalue weighted by Crippen LogP contribution is -2.55. The Balaban J connectivity index is 1.57. The van der Waals surface area contributed by atoms with E-state index in [1.54, 1.807) is 6.92 Å². The first-order chi connectivity index (χ1) is 15.4. The maximum absolute atomic E-state index is 13.1. The van der Waals surface area contributed by atoms with E-state index in [0.29, 0.717) is 30.9 Å². The van der Waals surface area contributed by atoms with E-state index in [9.17, 15) is 23.3 Å². The van der Waals surface area contributed by atoms with Gasteiger partial charge in [0.2, 0.25) is 15.9 Å². The topological polar surface area (TPSA) is 113 Å². The second kappa shape index (κ2) is 10.1. The van der Waals surface area contributed by atoms with E-state index < -0.39 is 14.9 Å². The van der Waals surface area contributed by atoms with Crippen LogP contribution in [0.5, 0.6) is 0 Å². The molecule has 1 N–H and O–H groups in total. The number of carbonyl (C=O) groups excluding carboxylic acids is 1. The molecule has 0 aliphatic carbocycles. The summed E-state index contributed by atoms with van der Waals surface area (Å²) in [6.45, 7) is 11.3. The van der Waals surface area contributed by atoms with Gasteiger partial charge in [-0.1, -0.05) is 13.0 Å². The van der Waals surface area contributed by atoms with Crippen LogP contribution in [0.2, 0.25) is 0 Å². The number of amides is 1. The predicted octanol–water partition coefficient (Wildman–Crippen LogP) is 2.93. The minimum absolute atomic E-state index is 0.0308. The summed E-state index contributed by atoms with van der Waals surface area (Å²) >= 11 is 0. The standard InChI is InChI=1S/C23H36N4O5S/c1-17-6-5-11-25(15-17)23(3,4)16-24-22(28)19-9-12-26(13-10-19)33(31,32)21-14-20(27(29)30)8-7-18(21)2/h7-8,14,17,19H,5-6,9-13,15-16H2,1-4H3,(H,24,28). The van der Waals surface area contributed by atoms with Crippen molar-refractivity contribution in [3.05, 3.63) is 33.9 Å². The summed E-state index contributed by atoms with van der Waals surface area (Å²) in [7, 11) is -3.86. The van der Waals surface area contributed by atoms with Crippen molar-refractivity contribution in [2.45, 2.75) is 63.8 Å². The SMILES string of the molecule is Cc1ccc([N+](=O)[O-])cc1S(=O)(=O)N1CCC(C(=O)NCC(C)(C)N2CCCC(C)C2)CC1. The average molecular weight is 481 g/mol. The van der Waals surface area contributed by atoms with E-state index in [1.807, 2.05) is 0 Å². The van der Waals surface area contributed by atoms with Crippen molar-refractivity contribution in [1.29, 1.82) is 0 Å². The number of piperidine rings is 2. The quantitative estimate of drug-likeness (QED) is 0.474. The summed E-state index contributed by atoms with van der Waals surface area (Å²) in [6, 6.07) is 3.88. The van der Waals surface area contributed by atoms with E-state index in [4.69, 9.17) is 0 Å². The third-order valence-electron chi connectivity index (χ3n) is 7.03. The van der Waals surface area contributed by atoms with Crippen molar-refractivity contribution in [3.63, 3.8) is 0 Å². The Labute approximate surface area is 196 Å². The predicted molar refractivity (Wildman–Crippen MR) is 126 cm³/mol. The molecule has 2 aliphatic heterocycles. The number of benzene rings is 1. The number of nitro groups is 1. The number of aryl methyl sites for hydroxylation is 1. The third-order valence-corrected chi connectivity index (χ3v) is 9.07. The molecule has 0 spiro atoms. The van der Waals surface area contributed by atoms with Gasteiger partial charge in [0.25, 0.3) is 5.69 Å². The number of nitro benzene ring substituents is 1. The van der Waals surface area contributed by atoms with Gasteiger partial charge in [0.1, 0.15) is 0 Å². The van der Waals surface area contributed by atoms with Crippen LogP contribution in [0.4, 0.5) is 5.69 Å². The molecule has 33 heavy (non-hydrogen) atoms. The lowest BCUT2D eigenvalue weighted by molar-refractivity contribution is -0.385. The van der Waals surface area contributed by atoms with E-state index in [1.165, 1.54) is 29.3 Å². The minimum Gasteiger partial charge on any atom is -0.354 e. The summed E-state index contributed by atoms with van der Waals surface area (Å²) in [4.78, 5) is 25.7. The molecular weight excluding hydrogens is 444 g/mol. The van der Waals surface area contributed by atoms with Crippen LogP contribution in [-0.4, -0.2) is 66.7 Å². The molecule has 2 aliphatic rings. The van der Waals surface area contributed by atoms with Crippen LogP contribution in [0.1, 0.15) is 52.0 Å². The number of sulfonamides is 1. The zero-order chi connectivity index (χ0) is 24.4. The summed E-state index contributed by atoms with van der Waals surface area (Å²) in [5, 5.41) is 14.2. The molecule has 2 heterocycles. The highest BCUT2D eigenvalue weighted by Crippen LogP contribution is 2.29. The fraction of sp³-hybridized carbons (Fsp3) is 0.696. The van der Waals surface area contributed by atoms with Gasteiger partial charge in [0, 0.05) is 49.8 Å². The largest absolute Gasteiger partial charge is 0.354 e. The summed E-state index contributed by atoms with van der Waals surface area (Å²) < 4.78 is 27.6. The third kappa shape index (κ3) is 5.91. The number of hydrogen-bond acceptors (Lipinski definition) is 6. The molecule has 1 aromatic carbocycles. The van der Waals surface area contributed by atoms with E-state index in [2.05, 4.69) is 31.0 Å². The Bertz CT molecular complexity index is 987. The van der Waals surface area contributed by atoms with Crippen LogP contribution in [0.3, 0.4) is 0 Å². The van der Waals surface area contributed by atoms with Crippen molar-refractivity contribution in [3.8, 4) is 0 Å². The van der Waals surface area contributed by atoms with Crippen LogP contribution >= 0.6 is 0 Å². The van der Waals surface area contributed by atoms with Gasteiger partial charge in [-0.15, -0.1) is 0 Å². The maximum atomic E-state index is 13.1. The summed E-state index contributed by atoms with van der Waals surface area (Å²) in [5.41, 5.74) is 0.0855. The zero-order valence-corrected chi connectivity index (χ0v) is 20.9. The molecule has 2 saturated heterocycles. The van der Waals surface area contributed by atoms with Crippen molar-refractivity contribution in [2.24, 2.45) is 11.8 Å². The Morgan fingerprint density at radius 1 is 1.21 bits per heavy atom. The molecule has 0 aromatic heterocycles.